The molecule has 0 aliphatic carbocycles. The molecule has 0 spiro atoms. The Labute approximate surface area is 90.1 Å². The second-order valence-corrected chi connectivity index (χ2v) is 3.23. The molecule has 0 bridgehead atoms. The van der Waals surface area contributed by atoms with Crippen LogP contribution in [0.3, 0.4) is 0 Å². The zero-order valence-electron chi connectivity index (χ0n) is 7.69. The van der Waals surface area contributed by atoms with Gasteiger partial charge in [0, 0.05) is 30.2 Å². The molecule has 0 aromatic rings. The minimum Gasteiger partial charge on any atom is -0.329 e. The van der Waals surface area contributed by atoms with Crippen LogP contribution in [0.25, 0.3) is 0 Å². The van der Waals surface area contributed by atoms with E-state index in [1.54, 1.807) is 0 Å². The van der Waals surface area contributed by atoms with Gasteiger partial charge >= 0.3 is 8.25 Å². The van der Waals surface area contributed by atoms with E-state index in [4.69, 9.17) is 10.3 Å². The molecule has 0 saturated heterocycles. The molecule has 7 heteroatoms. The van der Waals surface area contributed by atoms with Crippen LogP contribution in [-0.4, -0.2) is 19.7 Å². The summed E-state index contributed by atoms with van der Waals surface area (Å²) in [5.41, 5.74) is 7.61. The number of hydrogen-bond acceptors (Lipinski definition) is 5. The van der Waals surface area contributed by atoms with Gasteiger partial charge in [0.05, 0.1) is 6.61 Å². The average Bonchev–Trinajstić information content (AvgIpc) is 2.06. The van der Waals surface area contributed by atoms with Gasteiger partial charge in [-0.15, -0.1) is 0 Å². The maximum atomic E-state index is 10.8. The molecule has 13 heavy (non-hydrogen) atoms. The molecule has 0 aromatic heterocycles. The van der Waals surface area contributed by atoms with Crippen LogP contribution in [0, 0.1) is 0 Å². The molecule has 3 N–H and O–H groups in total. The standard InChI is InChI=1S/C6H17N2O3P.Fe/c1-2-3-6-10-12(9)11-8-5-4-7;/h8,12H,2-7H2,1H3;. The smallest absolute Gasteiger partial charge is 0.329 e. The predicted octanol–water partition coefficient (Wildman–Crippen LogP) is 0.670. The molecule has 82 valence electrons. The van der Waals surface area contributed by atoms with Gasteiger partial charge in [-0.3, -0.25) is 4.57 Å². The van der Waals surface area contributed by atoms with Gasteiger partial charge in [-0.1, -0.05) is 13.3 Å². The van der Waals surface area contributed by atoms with Gasteiger partial charge in [0.25, 0.3) is 0 Å². The summed E-state index contributed by atoms with van der Waals surface area (Å²) in [7, 11) is -2.35. The van der Waals surface area contributed by atoms with Crippen LogP contribution >= 0.6 is 8.25 Å². The Morgan fingerprint density at radius 2 is 2.23 bits per heavy atom. The number of unbranched alkanes of at least 4 members (excludes halogenated alkanes) is 1. The summed E-state index contributed by atoms with van der Waals surface area (Å²) in [6.45, 7) is 3.45. The van der Waals surface area contributed by atoms with Crippen LogP contribution in [0.1, 0.15) is 19.8 Å². The number of hydroxylamine groups is 1. The molecule has 0 fully saturated rings. The fourth-order valence-corrected chi connectivity index (χ4v) is 1.09. The van der Waals surface area contributed by atoms with Crippen LogP contribution in [0.15, 0.2) is 0 Å². The van der Waals surface area contributed by atoms with Crippen molar-refractivity contribution < 1.29 is 30.8 Å². The minimum atomic E-state index is -2.35. The van der Waals surface area contributed by atoms with E-state index in [-0.39, 0.29) is 17.1 Å². The summed E-state index contributed by atoms with van der Waals surface area (Å²) < 4.78 is 20.3. The fourth-order valence-electron chi connectivity index (χ4n) is 0.498. The molecule has 0 aliphatic heterocycles. The number of nitrogens with two attached hydrogens (primary N) is 1. The third kappa shape index (κ3) is 12.6. The van der Waals surface area contributed by atoms with Crippen molar-refractivity contribution in [1.29, 1.82) is 0 Å². The van der Waals surface area contributed by atoms with E-state index >= 15 is 0 Å². The molecule has 0 aromatic carbocycles. The zero-order chi connectivity index (χ0) is 9.23. The third-order valence-electron chi connectivity index (χ3n) is 1.12. The Hall–Kier alpha value is 0.589. The Kier molecular flexibility index (Phi) is 15.5. The van der Waals surface area contributed by atoms with Crippen molar-refractivity contribution in [2.24, 2.45) is 5.73 Å². The van der Waals surface area contributed by atoms with E-state index in [2.05, 4.69) is 10.1 Å². The molecule has 0 amide bonds. The van der Waals surface area contributed by atoms with Crippen molar-refractivity contribution in [3.05, 3.63) is 0 Å². The summed E-state index contributed by atoms with van der Waals surface area (Å²) in [6, 6.07) is 0. The normalized spacial score (nSPS) is 12.2. The van der Waals surface area contributed by atoms with Gasteiger partial charge in [0.15, 0.2) is 0 Å². The molecule has 0 rings (SSSR count). The summed E-state index contributed by atoms with van der Waals surface area (Å²) in [5.74, 6) is 0. The second-order valence-electron chi connectivity index (χ2n) is 2.24. The zero-order valence-corrected chi connectivity index (χ0v) is 9.80. The molecule has 0 heterocycles. The third-order valence-corrected chi connectivity index (χ3v) is 1.87. The summed E-state index contributed by atoms with van der Waals surface area (Å²) in [5, 5.41) is 0. The number of hydrogen-bond donors (Lipinski definition) is 2. The van der Waals surface area contributed by atoms with E-state index in [0.29, 0.717) is 19.7 Å². The van der Waals surface area contributed by atoms with Crippen molar-refractivity contribution in [1.82, 2.24) is 5.48 Å². The minimum absolute atomic E-state index is 0. The van der Waals surface area contributed by atoms with Crippen LogP contribution < -0.4 is 11.2 Å². The monoisotopic (exact) mass is 252 g/mol. The van der Waals surface area contributed by atoms with Gasteiger partial charge < -0.3 is 10.3 Å². The molecule has 1 unspecified atom stereocenters. The quantitative estimate of drug-likeness (QED) is 0.287. The first-order valence-electron chi connectivity index (χ1n) is 4.07. The van der Waals surface area contributed by atoms with Crippen molar-refractivity contribution in [2.75, 3.05) is 19.7 Å². The van der Waals surface area contributed by atoms with Gasteiger partial charge in [-0.05, 0) is 6.42 Å². The maximum absolute atomic E-state index is 10.8. The Bertz CT molecular complexity index is 116. The van der Waals surface area contributed by atoms with E-state index in [1.807, 2.05) is 6.92 Å². The first kappa shape index (κ1) is 16.0. The summed E-state index contributed by atoms with van der Waals surface area (Å²) >= 11 is 0. The Balaban J connectivity index is 0. The fraction of sp³-hybridized carbons (Fsp3) is 1.00. The Morgan fingerprint density at radius 3 is 2.77 bits per heavy atom. The van der Waals surface area contributed by atoms with Crippen LogP contribution in [0.4, 0.5) is 0 Å². The number of nitrogens with one attached hydrogen (secondary N) is 1. The molecule has 5 nitrogen and oxygen atoms in total. The SMILES string of the molecule is CCCCO[PH](=O)ONCCN.[Fe]. The summed E-state index contributed by atoms with van der Waals surface area (Å²) in [4.78, 5) is 0. The maximum Gasteiger partial charge on any atom is 0.335 e. The average molecular weight is 252 g/mol. The van der Waals surface area contributed by atoms with Crippen LogP contribution in [-0.2, 0) is 30.8 Å². The first-order chi connectivity index (χ1) is 5.81. The molecular weight excluding hydrogens is 235 g/mol. The van der Waals surface area contributed by atoms with Crippen LogP contribution in [0.2, 0.25) is 0 Å². The molecular formula is C6H17FeN2O3P. The van der Waals surface area contributed by atoms with Crippen molar-refractivity contribution in [3.63, 3.8) is 0 Å². The van der Waals surface area contributed by atoms with E-state index < -0.39 is 8.25 Å². The Morgan fingerprint density at radius 1 is 1.54 bits per heavy atom. The van der Waals surface area contributed by atoms with Gasteiger partial charge in [-0.2, -0.15) is 5.48 Å². The van der Waals surface area contributed by atoms with Crippen molar-refractivity contribution in [2.45, 2.75) is 19.8 Å². The molecule has 0 aliphatic rings. The largest absolute Gasteiger partial charge is 0.335 e. The van der Waals surface area contributed by atoms with Crippen molar-refractivity contribution >= 4 is 8.25 Å². The van der Waals surface area contributed by atoms with Gasteiger partial charge in [0.1, 0.15) is 0 Å². The predicted molar refractivity (Wildman–Crippen MR) is 48.0 cm³/mol. The first-order valence-corrected chi connectivity index (χ1v) is 5.30. The second kappa shape index (κ2) is 12.6. The molecule has 0 radical (unpaired) electrons. The molecule has 0 saturated carbocycles. The van der Waals surface area contributed by atoms with Gasteiger partial charge in [0.2, 0.25) is 0 Å². The van der Waals surface area contributed by atoms with Crippen LogP contribution in [0.5, 0.6) is 0 Å². The van der Waals surface area contributed by atoms with Crippen molar-refractivity contribution in [3.8, 4) is 0 Å². The van der Waals surface area contributed by atoms with E-state index in [9.17, 15) is 4.57 Å². The number of rotatable bonds is 8. The molecule has 1 atom stereocenters. The topological polar surface area (TPSA) is 73.6 Å². The summed E-state index contributed by atoms with van der Waals surface area (Å²) in [6.07, 6.45) is 1.92. The van der Waals surface area contributed by atoms with E-state index in [0.717, 1.165) is 12.8 Å². The van der Waals surface area contributed by atoms with E-state index in [1.165, 1.54) is 0 Å². The van der Waals surface area contributed by atoms with Gasteiger partial charge in [-0.25, -0.2) is 4.62 Å².